The molecule has 0 saturated heterocycles. The van der Waals surface area contributed by atoms with Gasteiger partial charge in [0, 0.05) is 15.4 Å². The smallest absolute Gasteiger partial charge is 0.163 e. The maximum Gasteiger partial charge on any atom is 0.163 e. The number of benzene rings is 2. The summed E-state index contributed by atoms with van der Waals surface area (Å²) in [5.41, 5.74) is 7.54. The third-order valence-electron chi connectivity index (χ3n) is 2.80. The maximum absolute atomic E-state index is 6.19. The number of nitrogen functional groups attached to an aromatic ring is 1. The van der Waals surface area contributed by atoms with E-state index in [4.69, 9.17) is 17.3 Å². The molecule has 5 heteroatoms. The molecule has 3 rings (SSSR count). The van der Waals surface area contributed by atoms with Crippen LogP contribution in [0.1, 0.15) is 0 Å². The first kappa shape index (κ1) is 12.4. The lowest BCUT2D eigenvalue weighted by Crippen LogP contribution is -1.98. The molecular weight excluding hydrogens is 326 g/mol. The van der Waals surface area contributed by atoms with Crippen molar-refractivity contribution in [2.45, 2.75) is 0 Å². The van der Waals surface area contributed by atoms with Gasteiger partial charge in [0.05, 0.1) is 10.5 Å². The van der Waals surface area contributed by atoms with Crippen molar-refractivity contribution in [1.29, 1.82) is 0 Å². The summed E-state index contributed by atoms with van der Waals surface area (Å²) in [6.07, 6.45) is 0. The van der Waals surface area contributed by atoms with Gasteiger partial charge in [-0.15, -0.1) is 0 Å². The first-order chi connectivity index (χ1) is 9.15. The molecule has 94 valence electrons. The number of nitrogens with two attached hydrogens (primary N) is 1. The average molecular weight is 335 g/mol. The summed E-state index contributed by atoms with van der Waals surface area (Å²) in [4.78, 5) is 8.85. The molecule has 0 aliphatic carbocycles. The van der Waals surface area contributed by atoms with E-state index in [2.05, 4.69) is 25.9 Å². The molecule has 0 saturated carbocycles. The minimum atomic E-state index is 0.455. The van der Waals surface area contributed by atoms with Crippen molar-refractivity contribution in [3.8, 4) is 11.4 Å². The van der Waals surface area contributed by atoms with E-state index in [-0.39, 0.29) is 0 Å². The predicted octanol–water partition coefficient (Wildman–Crippen LogP) is 4.29. The van der Waals surface area contributed by atoms with Gasteiger partial charge in [-0.2, -0.15) is 0 Å². The van der Waals surface area contributed by atoms with Crippen molar-refractivity contribution in [1.82, 2.24) is 9.97 Å². The van der Waals surface area contributed by atoms with Gasteiger partial charge in [-0.05, 0) is 30.3 Å². The molecule has 2 N–H and O–H groups in total. The SMILES string of the molecule is Nc1nc(-c2cc(Br)ccc2Cl)nc2ccccc12. The highest BCUT2D eigenvalue weighted by Crippen LogP contribution is 2.30. The van der Waals surface area contributed by atoms with Crippen LogP contribution in [0.4, 0.5) is 5.82 Å². The van der Waals surface area contributed by atoms with Gasteiger partial charge in [0.15, 0.2) is 5.82 Å². The van der Waals surface area contributed by atoms with Crippen LogP contribution < -0.4 is 5.73 Å². The minimum Gasteiger partial charge on any atom is -0.383 e. The number of halogens is 2. The Morgan fingerprint density at radius 1 is 1.05 bits per heavy atom. The Balaban J connectivity index is 2.28. The van der Waals surface area contributed by atoms with Crippen molar-refractivity contribution < 1.29 is 0 Å². The van der Waals surface area contributed by atoms with Gasteiger partial charge in [-0.25, -0.2) is 9.97 Å². The molecule has 0 unspecified atom stereocenters. The number of hydrogen-bond acceptors (Lipinski definition) is 3. The van der Waals surface area contributed by atoms with Crippen molar-refractivity contribution in [2.75, 3.05) is 5.73 Å². The van der Waals surface area contributed by atoms with E-state index in [0.29, 0.717) is 16.7 Å². The maximum atomic E-state index is 6.19. The van der Waals surface area contributed by atoms with E-state index in [1.807, 2.05) is 36.4 Å². The van der Waals surface area contributed by atoms with E-state index in [1.54, 1.807) is 6.07 Å². The average Bonchev–Trinajstić information content (AvgIpc) is 2.41. The number of aromatic nitrogens is 2. The number of anilines is 1. The summed E-state index contributed by atoms with van der Waals surface area (Å²) in [5, 5.41) is 1.44. The van der Waals surface area contributed by atoms with Crippen molar-refractivity contribution in [3.63, 3.8) is 0 Å². The summed E-state index contributed by atoms with van der Waals surface area (Å²) in [7, 11) is 0. The standard InChI is InChI=1S/C14H9BrClN3/c15-8-5-6-11(16)10(7-8)14-18-12-4-2-1-3-9(12)13(17)19-14/h1-7H,(H2,17,18,19). The van der Waals surface area contributed by atoms with Crippen molar-refractivity contribution in [2.24, 2.45) is 0 Å². The molecule has 0 amide bonds. The second kappa shape index (κ2) is 4.79. The lowest BCUT2D eigenvalue weighted by Gasteiger charge is -2.07. The Labute approximate surface area is 123 Å². The number of hydrogen-bond donors (Lipinski definition) is 1. The number of fused-ring (bicyclic) bond motifs is 1. The van der Waals surface area contributed by atoms with Crippen LogP contribution in [0, 0.1) is 0 Å². The Bertz CT molecular complexity index is 774. The lowest BCUT2D eigenvalue weighted by atomic mass is 10.2. The van der Waals surface area contributed by atoms with Crippen molar-refractivity contribution in [3.05, 3.63) is 52.0 Å². The molecular formula is C14H9BrClN3. The molecule has 0 fully saturated rings. The molecule has 1 heterocycles. The molecule has 3 nitrogen and oxygen atoms in total. The summed E-state index contributed by atoms with van der Waals surface area (Å²) in [6.45, 7) is 0. The summed E-state index contributed by atoms with van der Waals surface area (Å²) in [5.74, 6) is 0.985. The second-order valence-electron chi connectivity index (χ2n) is 4.07. The molecule has 0 spiro atoms. The van der Waals surface area contributed by atoms with Crippen LogP contribution in [-0.4, -0.2) is 9.97 Å². The zero-order chi connectivity index (χ0) is 13.4. The first-order valence-corrected chi connectivity index (χ1v) is 6.80. The van der Waals surface area contributed by atoms with Crippen LogP contribution in [0.5, 0.6) is 0 Å². The van der Waals surface area contributed by atoms with Gasteiger partial charge in [0.2, 0.25) is 0 Å². The van der Waals surface area contributed by atoms with Crippen LogP contribution in [0.3, 0.4) is 0 Å². The third kappa shape index (κ3) is 2.29. The van der Waals surface area contributed by atoms with Gasteiger partial charge in [-0.3, -0.25) is 0 Å². The van der Waals surface area contributed by atoms with Crippen LogP contribution in [0.25, 0.3) is 22.3 Å². The number of rotatable bonds is 1. The predicted molar refractivity (Wildman–Crippen MR) is 82.1 cm³/mol. The summed E-state index contributed by atoms with van der Waals surface area (Å²) in [6, 6.07) is 13.2. The van der Waals surface area contributed by atoms with Crippen molar-refractivity contribution >= 4 is 44.3 Å². The Morgan fingerprint density at radius 3 is 2.68 bits per heavy atom. The monoisotopic (exact) mass is 333 g/mol. The Hall–Kier alpha value is -1.65. The van der Waals surface area contributed by atoms with E-state index in [9.17, 15) is 0 Å². The highest BCUT2D eigenvalue weighted by atomic mass is 79.9. The van der Waals surface area contributed by atoms with Gasteiger partial charge >= 0.3 is 0 Å². The second-order valence-corrected chi connectivity index (χ2v) is 5.40. The first-order valence-electron chi connectivity index (χ1n) is 5.63. The topological polar surface area (TPSA) is 51.8 Å². The third-order valence-corrected chi connectivity index (χ3v) is 3.62. The van der Waals surface area contributed by atoms with Crippen LogP contribution >= 0.6 is 27.5 Å². The lowest BCUT2D eigenvalue weighted by molar-refractivity contribution is 1.23. The van der Waals surface area contributed by atoms with Crippen LogP contribution in [0.15, 0.2) is 46.9 Å². The molecule has 0 bridgehead atoms. The normalized spacial score (nSPS) is 10.8. The van der Waals surface area contributed by atoms with E-state index in [1.165, 1.54) is 0 Å². The quantitative estimate of drug-likeness (QED) is 0.722. The molecule has 1 aromatic heterocycles. The van der Waals surface area contributed by atoms with Gasteiger partial charge < -0.3 is 5.73 Å². The zero-order valence-corrected chi connectivity index (χ0v) is 12.1. The fourth-order valence-electron chi connectivity index (χ4n) is 1.89. The van der Waals surface area contributed by atoms with Crippen LogP contribution in [0.2, 0.25) is 5.02 Å². The highest BCUT2D eigenvalue weighted by Gasteiger charge is 2.10. The molecule has 0 aliphatic heterocycles. The highest BCUT2D eigenvalue weighted by molar-refractivity contribution is 9.10. The molecule has 3 aromatic rings. The molecule has 19 heavy (non-hydrogen) atoms. The fourth-order valence-corrected chi connectivity index (χ4v) is 2.45. The molecule has 0 aliphatic rings. The van der Waals surface area contributed by atoms with E-state index in [0.717, 1.165) is 20.9 Å². The summed E-state index contributed by atoms with van der Waals surface area (Å²) < 4.78 is 0.919. The van der Waals surface area contributed by atoms with E-state index >= 15 is 0 Å². The van der Waals surface area contributed by atoms with Gasteiger partial charge in [0.25, 0.3) is 0 Å². The summed E-state index contributed by atoms with van der Waals surface area (Å²) >= 11 is 9.61. The van der Waals surface area contributed by atoms with Gasteiger partial charge in [0.1, 0.15) is 5.82 Å². The Kier molecular flexibility index (Phi) is 3.12. The fraction of sp³-hybridized carbons (Fsp3) is 0. The molecule has 0 radical (unpaired) electrons. The molecule has 0 atom stereocenters. The Morgan fingerprint density at radius 2 is 1.84 bits per heavy atom. The minimum absolute atomic E-state index is 0.455. The number of nitrogens with zero attached hydrogens (tertiary/aromatic N) is 2. The van der Waals surface area contributed by atoms with Gasteiger partial charge in [-0.1, -0.05) is 39.7 Å². The van der Waals surface area contributed by atoms with Crippen LogP contribution in [-0.2, 0) is 0 Å². The van der Waals surface area contributed by atoms with E-state index < -0.39 is 0 Å². The zero-order valence-electron chi connectivity index (χ0n) is 9.77. The molecule has 2 aromatic carbocycles. The number of para-hydroxylation sites is 1. The largest absolute Gasteiger partial charge is 0.383 e.